The summed E-state index contributed by atoms with van der Waals surface area (Å²) >= 11 is 0. The van der Waals surface area contributed by atoms with E-state index in [0.29, 0.717) is 0 Å². The van der Waals surface area contributed by atoms with Crippen LogP contribution in [0.15, 0.2) is 5.57 Å². The number of carbonyl (C=O) groups excluding carboxylic acids is 3. The zero-order valence-corrected chi connectivity index (χ0v) is 8.84. The van der Waals surface area contributed by atoms with Gasteiger partial charge in [0.15, 0.2) is 11.4 Å². The summed E-state index contributed by atoms with van der Waals surface area (Å²) in [5.41, 5.74) is -1.32. The molecule has 0 spiro atoms. The van der Waals surface area contributed by atoms with E-state index in [4.69, 9.17) is 0 Å². The van der Waals surface area contributed by atoms with Gasteiger partial charge in [0.2, 0.25) is 0 Å². The number of esters is 1. The second kappa shape index (κ2) is 4.72. The minimum Gasteiger partial charge on any atom is -0.462 e. The molecule has 0 aromatic rings. The molecular formula is C10H14O4. The molecular weight excluding hydrogens is 184 g/mol. The molecule has 4 nitrogen and oxygen atoms in total. The Balaban J connectivity index is 4.87. The second-order valence-corrected chi connectivity index (χ2v) is 3.78. The van der Waals surface area contributed by atoms with E-state index < -0.39 is 22.7 Å². The highest BCUT2D eigenvalue weighted by Crippen LogP contribution is 2.19. The molecule has 0 fully saturated rings. The fourth-order valence-electron chi connectivity index (χ4n) is 0.759. The van der Waals surface area contributed by atoms with Crippen molar-refractivity contribution in [3.8, 4) is 0 Å². The molecule has 78 valence electrons. The third kappa shape index (κ3) is 3.15. The Bertz CT molecular complexity index is 290. The molecule has 0 bridgehead atoms. The Hall–Kier alpha value is -1.41. The van der Waals surface area contributed by atoms with Crippen LogP contribution in [0.4, 0.5) is 0 Å². The van der Waals surface area contributed by atoms with Gasteiger partial charge < -0.3 is 4.74 Å². The second-order valence-electron chi connectivity index (χ2n) is 3.78. The van der Waals surface area contributed by atoms with Crippen molar-refractivity contribution in [1.29, 1.82) is 0 Å². The maximum Gasteiger partial charge on any atom is 0.353 e. The number of ketones is 1. The third-order valence-corrected chi connectivity index (χ3v) is 1.49. The third-order valence-electron chi connectivity index (χ3n) is 1.49. The Morgan fingerprint density at radius 3 is 2.07 bits per heavy atom. The van der Waals surface area contributed by atoms with Crippen LogP contribution in [0.3, 0.4) is 0 Å². The van der Waals surface area contributed by atoms with Gasteiger partial charge in [0.05, 0.1) is 6.61 Å². The van der Waals surface area contributed by atoms with E-state index in [1.807, 2.05) is 0 Å². The lowest BCUT2D eigenvalue weighted by Gasteiger charge is -2.15. The summed E-state index contributed by atoms with van der Waals surface area (Å²) in [4.78, 5) is 33.1. The Morgan fingerprint density at radius 2 is 1.79 bits per heavy atom. The van der Waals surface area contributed by atoms with Gasteiger partial charge in [0.25, 0.3) is 0 Å². The predicted octanol–water partition coefficient (Wildman–Crippen LogP) is 0.923. The predicted molar refractivity (Wildman–Crippen MR) is 50.3 cm³/mol. The first-order valence-corrected chi connectivity index (χ1v) is 4.31. The highest BCUT2D eigenvalue weighted by Gasteiger charge is 2.31. The maximum absolute atomic E-state index is 11.5. The molecule has 0 N–H and O–H groups in total. The van der Waals surface area contributed by atoms with Crippen LogP contribution in [0.1, 0.15) is 27.7 Å². The van der Waals surface area contributed by atoms with Crippen molar-refractivity contribution in [3.05, 3.63) is 5.57 Å². The highest BCUT2D eigenvalue weighted by atomic mass is 16.5. The molecule has 0 atom stereocenters. The molecule has 0 aliphatic rings. The van der Waals surface area contributed by atoms with Crippen LogP contribution >= 0.6 is 0 Å². The van der Waals surface area contributed by atoms with Crippen molar-refractivity contribution in [2.75, 3.05) is 6.61 Å². The largest absolute Gasteiger partial charge is 0.462 e. The van der Waals surface area contributed by atoms with Crippen LogP contribution in [-0.4, -0.2) is 24.3 Å². The normalized spacial score (nSPS) is 10.3. The monoisotopic (exact) mass is 198 g/mol. The van der Waals surface area contributed by atoms with Crippen molar-refractivity contribution in [3.63, 3.8) is 0 Å². The molecule has 0 saturated heterocycles. The molecule has 14 heavy (non-hydrogen) atoms. The minimum atomic E-state index is -0.901. The van der Waals surface area contributed by atoms with E-state index >= 15 is 0 Å². The summed E-state index contributed by atoms with van der Waals surface area (Å²) < 4.78 is 4.55. The standard InChI is InChI=1S/C10H14O4/c1-5-14-9(13)7(6-11)8(12)10(2,3)4/h5H2,1-4H3. The van der Waals surface area contributed by atoms with Gasteiger partial charge in [0, 0.05) is 5.41 Å². The number of hydrogen-bond acceptors (Lipinski definition) is 4. The van der Waals surface area contributed by atoms with Gasteiger partial charge in [0.1, 0.15) is 5.94 Å². The molecule has 0 aromatic heterocycles. The van der Waals surface area contributed by atoms with Crippen LogP contribution in [0.5, 0.6) is 0 Å². The van der Waals surface area contributed by atoms with E-state index in [9.17, 15) is 14.4 Å². The Labute approximate surface area is 82.9 Å². The molecule has 0 unspecified atom stereocenters. The molecule has 4 heteroatoms. The van der Waals surface area contributed by atoms with E-state index in [1.54, 1.807) is 27.7 Å². The van der Waals surface area contributed by atoms with Crippen LogP contribution in [0.2, 0.25) is 0 Å². The fourth-order valence-corrected chi connectivity index (χ4v) is 0.759. The average Bonchev–Trinajstić information content (AvgIpc) is 2.04. The average molecular weight is 198 g/mol. The number of rotatable bonds is 3. The first-order chi connectivity index (χ1) is 6.34. The number of ether oxygens (including phenoxy) is 1. The van der Waals surface area contributed by atoms with Gasteiger partial charge in [-0.25, -0.2) is 9.59 Å². The number of Topliss-reactive ketones (excluding diaryl/α,β-unsaturated/α-hetero) is 1. The molecule has 0 aliphatic carbocycles. The highest BCUT2D eigenvalue weighted by molar-refractivity contribution is 6.24. The Morgan fingerprint density at radius 1 is 1.29 bits per heavy atom. The lowest BCUT2D eigenvalue weighted by molar-refractivity contribution is -0.140. The van der Waals surface area contributed by atoms with Crippen molar-refractivity contribution < 1.29 is 19.1 Å². The van der Waals surface area contributed by atoms with Crippen molar-refractivity contribution in [1.82, 2.24) is 0 Å². The minimum absolute atomic E-state index is 0.126. The SMILES string of the molecule is CCOC(=O)C(=C=O)C(=O)C(C)(C)C. The molecule has 0 amide bonds. The van der Waals surface area contributed by atoms with Crippen LogP contribution in [0, 0.1) is 5.41 Å². The summed E-state index contributed by atoms with van der Waals surface area (Å²) in [7, 11) is 0. The first kappa shape index (κ1) is 12.6. The number of hydrogen-bond donors (Lipinski definition) is 0. The summed E-state index contributed by atoms with van der Waals surface area (Å²) in [6.07, 6.45) is 0. The van der Waals surface area contributed by atoms with Crippen LogP contribution in [0.25, 0.3) is 0 Å². The zero-order valence-electron chi connectivity index (χ0n) is 8.84. The van der Waals surface area contributed by atoms with E-state index in [1.165, 1.54) is 5.94 Å². The lowest BCUT2D eigenvalue weighted by atomic mass is 9.87. The van der Waals surface area contributed by atoms with Crippen molar-refractivity contribution >= 4 is 17.7 Å². The summed E-state index contributed by atoms with van der Waals surface area (Å²) in [5.74, 6) is -0.115. The molecule has 0 heterocycles. The molecule has 0 rings (SSSR count). The summed E-state index contributed by atoms with van der Waals surface area (Å²) in [5, 5.41) is 0. The van der Waals surface area contributed by atoms with Gasteiger partial charge in [-0.1, -0.05) is 20.8 Å². The summed E-state index contributed by atoms with van der Waals surface area (Å²) in [6, 6.07) is 0. The fraction of sp³-hybridized carbons (Fsp3) is 0.600. The molecule has 0 radical (unpaired) electrons. The number of carbonyl (C=O) groups is 2. The molecule has 0 aromatic carbocycles. The van der Waals surface area contributed by atoms with Gasteiger partial charge in [-0.2, -0.15) is 0 Å². The molecule has 0 saturated carbocycles. The van der Waals surface area contributed by atoms with Gasteiger partial charge in [-0.3, -0.25) is 4.79 Å². The molecule has 0 aliphatic heterocycles. The quantitative estimate of drug-likeness (QED) is 0.222. The van der Waals surface area contributed by atoms with Gasteiger partial charge in [-0.05, 0) is 6.92 Å². The first-order valence-electron chi connectivity index (χ1n) is 4.31. The van der Waals surface area contributed by atoms with E-state index in [-0.39, 0.29) is 6.61 Å². The van der Waals surface area contributed by atoms with Crippen LogP contribution < -0.4 is 0 Å². The summed E-state index contributed by atoms with van der Waals surface area (Å²) in [6.45, 7) is 6.58. The topological polar surface area (TPSA) is 60.4 Å². The van der Waals surface area contributed by atoms with Gasteiger partial charge in [-0.15, -0.1) is 0 Å². The Kier molecular flexibility index (Phi) is 4.25. The smallest absolute Gasteiger partial charge is 0.353 e. The lowest BCUT2D eigenvalue weighted by Crippen LogP contribution is -2.27. The van der Waals surface area contributed by atoms with E-state index in [2.05, 4.69) is 4.74 Å². The van der Waals surface area contributed by atoms with Crippen LogP contribution in [-0.2, 0) is 19.1 Å². The van der Waals surface area contributed by atoms with Crippen molar-refractivity contribution in [2.24, 2.45) is 5.41 Å². The zero-order chi connectivity index (χ0) is 11.4. The van der Waals surface area contributed by atoms with Crippen molar-refractivity contribution in [2.45, 2.75) is 27.7 Å². The maximum atomic E-state index is 11.5. The van der Waals surface area contributed by atoms with E-state index in [0.717, 1.165) is 0 Å². The van der Waals surface area contributed by atoms with Gasteiger partial charge >= 0.3 is 5.97 Å².